The van der Waals surface area contributed by atoms with Gasteiger partial charge in [0.2, 0.25) is 5.78 Å². The molecule has 3 amide bonds. The molecule has 9 aromatic rings. The van der Waals surface area contributed by atoms with Crippen LogP contribution in [0.1, 0.15) is 37.4 Å². The van der Waals surface area contributed by atoms with E-state index >= 15 is 0 Å². The number of carbonyl (C=O) groups is 4. The first-order chi connectivity index (χ1) is 31.7. The van der Waals surface area contributed by atoms with Gasteiger partial charge in [-0.15, -0.1) is 0 Å². The minimum Gasteiger partial charge on any atom is -0.508 e. The Hall–Kier alpha value is -8.26. The van der Waals surface area contributed by atoms with Crippen LogP contribution in [0.3, 0.4) is 0 Å². The third-order valence-electron chi connectivity index (χ3n) is 11.1. The highest BCUT2D eigenvalue weighted by atomic mass is 35.5. The van der Waals surface area contributed by atoms with E-state index in [1.54, 1.807) is 97.9 Å². The van der Waals surface area contributed by atoms with Gasteiger partial charge in [0.05, 0.1) is 26.7 Å². The number of nitro benzene ring substituents is 1. The van der Waals surface area contributed by atoms with Crippen LogP contribution in [0.15, 0.2) is 140 Å². The number of H-pyrrole nitrogens is 1. The first-order valence-electron chi connectivity index (χ1n) is 20.3. The zero-order chi connectivity index (χ0) is 46.8. The number of benzene rings is 8. The molecular formula is C51H37Cl2N5O8. The summed E-state index contributed by atoms with van der Waals surface area (Å²) < 4.78 is 0. The SMILES string of the molecule is Cc1c(O)c(C(=O)Nc2cccc([N+](=O)[O-])c2)cc2ccc3c4cc(Cl)ccc4[nH]c3c12.Cc1c(O)ccc2cc(C(=O)Nc3ccccc3CC(=O)C(=O)Nc3ccccc3Cl)ccc12. The van der Waals surface area contributed by atoms with E-state index in [0.717, 1.165) is 48.9 Å². The van der Waals surface area contributed by atoms with E-state index in [9.17, 15) is 39.5 Å². The molecule has 0 unspecified atom stereocenters. The van der Waals surface area contributed by atoms with E-state index in [1.165, 1.54) is 18.2 Å². The van der Waals surface area contributed by atoms with Crippen LogP contribution >= 0.6 is 23.2 Å². The van der Waals surface area contributed by atoms with Crippen LogP contribution in [-0.2, 0) is 16.0 Å². The molecule has 0 fully saturated rings. The summed E-state index contributed by atoms with van der Waals surface area (Å²) in [4.78, 5) is 64.6. The van der Waals surface area contributed by atoms with Gasteiger partial charge in [0.1, 0.15) is 11.5 Å². The van der Waals surface area contributed by atoms with Crippen molar-refractivity contribution < 1.29 is 34.3 Å². The molecule has 0 aliphatic heterocycles. The highest BCUT2D eigenvalue weighted by molar-refractivity contribution is 6.42. The molecule has 8 aromatic carbocycles. The minimum absolute atomic E-state index is 0.0833. The van der Waals surface area contributed by atoms with Crippen LogP contribution in [0.2, 0.25) is 10.0 Å². The number of nitro groups is 1. The summed E-state index contributed by atoms with van der Waals surface area (Å²) in [5.74, 6) is -2.32. The number of phenolic OH excluding ortho intramolecular Hbond substituents is 2. The largest absolute Gasteiger partial charge is 0.508 e. The molecule has 6 N–H and O–H groups in total. The number of nitrogens with zero attached hydrogens (tertiary/aromatic N) is 1. The van der Waals surface area contributed by atoms with E-state index in [1.807, 2.05) is 37.3 Å². The maximum atomic E-state index is 12.9. The van der Waals surface area contributed by atoms with E-state index in [2.05, 4.69) is 20.9 Å². The normalized spacial score (nSPS) is 11.0. The van der Waals surface area contributed by atoms with Crippen molar-refractivity contribution in [3.63, 3.8) is 0 Å². The Morgan fingerprint density at radius 1 is 0.667 bits per heavy atom. The molecule has 0 aliphatic rings. The Balaban J connectivity index is 0.000000180. The summed E-state index contributed by atoms with van der Waals surface area (Å²) >= 11 is 12.2. The summed E-state index contributed by atoms with van der Waals surface area (Å²) in [6, 6.07) is 38.7. The van der Waals surface area contributed by atoms with Crippen molar-refractivity contribution in [2.75, 3.05) is 16.0 Å². The Bertz CT molecular complexity index is 3480. The number of phenols is 2. The number of halogens is 2. The number of carbonyl (C=O) groups excluding carboxylic acids is 4. The fourth-order valence-corrected chi connectivity index (χ4v) is 8.06. The van der Waals surface area contributed by atoms with Crippen molar-refractivity contribution in [3.05, 3.63) is 188 Å². The second kappa shape index (κ2) is 18.5. The van der Waals surface area contributed by atoms with Crippen LogP contribution in [0.25, 0.3) is 43.4 Å². The van der Waals surface area contributed by atoms with Crippen LogP contribution < -0.4 is 16.0 Å². The zero-order valence-corrected chi connectivity index (χ0v) is 36.5. The molecule has 0 atom stereocenters. The number of nitrogens with one attached hydrogen (secondary N) is 4. The van der Waals surface area contributed by atoms with Crippen molar-refractivity contribution in [3.8, 4) is 11.5 Å². The van der Waals surface area contributed by atoms with Gasteiger partial charge in [-0.1, -0.05) is 83.9 Å². The van der Waals surface area contributed by atoms with Gasteiger partial charge in [-0.3, -0.25) is 29.3 Å². The van der Waals surface area contributed by atoms with E-state index in [-0.39, 0.29) is 40.8 Å². The van der Waals surface area contributed by atoms with E-state index in [4.69, 9.17) is 23.2 Å². The fourth-order valence-electron chi connectivity index (χ4n) is 7.71. The molecule has 0 saturated carbocycles. The maximum absolute atomic E-state index is 12.9. The van der Waals surface area contributed by atoms with Gasteiger partial charge in [0.15, 0.2) is 0 Å². The molecular weight excluding hydrogens is 881 g/mol. The highest BCUT2D eigenvalue weighted by Gasteiger charge is 2.21. The van der Waals surface area contributed by atoms with Crippen molar-refractivity contribution in [1.29, 1.82) is 0 Å². The number of aromatic amines is 1. The summed E-state index contributed by atoms with van der Waals surface area (Å²) in [5, 5.41) is 45.9. The van der Waals surface area contributed by atoms with Gasteiger partial charge < -0.3 is 31.1 Å². The number of aromatic hydroxyl groups is 2. The van der Waals surface area contributed by atoms with Crippen LogP contribution in [0, 0.1) is 24.0 Å². The molecule has 1 aromatic heterocycles. The smallest absolute Gasteiger partial charge is 0.292 e. The number of fused-ring (bicyclic) bond motifs is 6. The van der Waals surface area contributed by atoms with Crippen LogP contribution in [0.4, 0.5) is 22.7 Å². The average Bonchev–Trinajstić information content (AvgIpc) is 3.67. The molecule has 15 heteroatoms. The quantitative estimate of drug-likeness (QED) is 0.0466. The second-order valence-electron chi connectivity index (χ2n) is 15.4. The predicted octanol–water partition coefficient (Wildman–Crippen LogP) is 11.8. The van der Waals surface area contributed by atoms with Gasteiger partial charge in [-0.25, -0.2) is 0 Å². The summed E-state index contributed by atoms with van der Waals surface area (Å²) in [5.41, 5.74) is 5.00. The number of anilines is 3. The molecule has 0 saturated heterocycles. The summed E-state index contributed by atoms with van der Waals surface area (Å²) in [7, 11) is 0. The van der Waals surface area contributed by atoms with Gasteiger partial charge in [0.25, 0.3) is 23.4 Å². The number of rotatable bonds is 9. The number of ketones is 1. The second-order valence-corrected chi connectivity index (χ2v) is 16.2. The van der Waals surface area contributed by atoms with Crippen molar-refractivity contribution >= 4 is 113 Å². The molecule has 0 aliphatic carbocycles. The fraction of sp³-hybridized carbons (Fsp3) is 0.0588. The average molecular weight is 919 g/mol. The predicted molar refractivity (Wildman–Crippen MR) is 259 cm³/mol. The van der Waals surface area contributed by atoms with Crippen LogP contribution in [0.5, 0.6) is 11.5 Å². The van der Waals surface area contributed by atoms with Crippen molar-refractivity contribution in [1.82, 2.24) is 4.98 Å². The Morgan fingerprint density at radius 2 is 1.39 bits per heavy atom. The maximum Gasteiger partial charge on any atom is 0.292 e. The summed E-state index contributed by atoms with van der Waals surface area (Å²) in [6.07, 6.45) is -0.192. The number of para-hydroxylation sites is 2. The van der Waals surface area contributed by atoms with Gasteiger partial charge in [-0.2, -0.15) is 0 Å². The Labute approximate surface area is 385 Å². The first-order valence-corrected chi connectivity index (χ1v) is 21.0. The molecule has 0 bridgehead atoms. The minimum atomic E-state index is -0.789. The van der Waals surface area contributed by atoms with Crippen molar-refractivity contribution in [2.45, 2.75) is 20.3 Å². The molecule has 0 radical (unpaired) electrons. The topological polar surface area (TPSA) is 204 Å². The van der Waals surface area contributed by atoms with E-state index in [0.29, 0.717) is 38.1 Å². The molecule has 9 rings (SSSR count). The number of aromatic nitrogens is 1. The standard InChI is InChI=1S/C27H21ClN2O4.C24H16ClN3O4/c1-16-20-12-10-19(14-17(20)11-13-24(16)31)26(33)29-22-8-4-2-6-18(22)15-25(32)27(34)30-23-9-5-3-7-21(23)28;1-12-21-13(5-7-17-18-10-14(25)6-8-20(18)27-22(17)21)9-19(23(12)29)24(30)26-15-3-2-4-16(11-15)28(31)32/h2-14,31H,15H2,1H3,(H,29,33)(H,30,34);2-11,27,29H,1H3,(H,26,30). The number of amides is 3. The molecule has 328 valence electrons. The van der Waals surface area contributed by atoms with Gasteiger partial charge >= 0.3 is 0 Å². The Morgan fingerprint density at radius 3 is 2.17 bits per heavy atom. The lowest BCUT2D eigenvalue weighted by molar-refractivity contribution is -0.384. The first kappa shape index (κ1) is 44.4. The van der Waals surface area contributed by atoms with E-state index < -0.39 is 22.5 Å². The number of Topliss-reactive ketones (excluding diaryl/α,β-unsaturated/α-hetero) is 1. The molecule has 1 heterocycles. The summed E-state index contributed by atoms with van der Waals surface area (Å²) in [6.45, 7) is 3.56. The van der Waals surface area contributed by atoms with Crippen LogP contribution in [-0.4, -0.2) is 43.6 Å². The Kier molecular flexibility index (Phi) is 12.4. The zero-order valence-electron chi connectivity index (χ0n) is 35.0. The van der Waals surface area contributed by atoms with Crippen molar-refractivity contribution in [2.24, 2.45) is 0 Å². The van der Waals surface area contributed by atoms with Gasteiger partial charge in [0, 0.05) is 67.8 Å². The molecule has 13 nitrogen and oxygen atoms in total. The number of hydrogen-bond acceptors (Lipinski definition) is 8. The number of non-ortho nitro benzene ring substituents is 1. The number of aryl methyl sites for hydroxylation is 2. The number of hydrogen-bond donors (Lipinski definition) is 6. The highest BCUT2D eigenvalue weighted by Crippen LogP contribution is 2.39. The third kappa shape index (κ3) is 9.06. The lowest BCUT2D eigenvalue weighted by atomic mass is 9.97. The molecule has 0 spiro atoms. The third-order valence-corrected chi connectivity index (χ3v) is 11.7. The lowest BCUT2D eigenvalue weighted by Gasteiger charge is -2.12. The molecule has 66 heavy (non-hydrogen) atoms. The lowest BCUT2D eigenvalue weighted by Crippen LogP contribution is -2.25. The van der Waals surface area contributed by atoms with Gasteiger partial charge in [-0.05, 0) is 108 Å². The monoisotopic (exact) mass is 917 g/mol.